The molecule has 1 N–H and O–H groups in total. The Bertz CT molecular complexity index is 837. The monoisotopic (exact) mass is 413 g/mol. The molecule has 28 heavy (non-hydrogen) atoms. The minimum absolute atomic E-state index is 0.0347. The van der Waals surface area contributed by atoms with Crippen molar-refractivity contribution in [3.05, 3.63) is 52.5 Å². The van der Waals surface area contributed by atoms with Gasteiger partial charge in [0.05, 0.1) is 5.69 Å². The first-order valence-electron chi connectivity index (χ1n) is 8.15. The van der Waals surface area contributed by atoms with Crippen molar-refractivity contribution >= 4 is 29.2 Å². The molecule has 9 heteroatoms. The molecule has 0 aliphatic carbocycles. The molecule has 150 valence electrons. The van der Waals surface area contributed by atoms with Crippen molar-refractivity contribution in [1.29, 1.82) is 0 Å². The second-order valence-corrected chi connectivity index (χ2v) is 6.18. The minimum Gasteiger partial charge on any atom is -0.481 e. The molecule has 0 atom stereocenters. The second kappa shape index (κ2) is 9.89. The van der Waals surface area contributed by atoms with Gasteiger partial charge in [-0.2, -0.15) is 8.78 Å². The highest BCUT2D eigenvalue weighted by molar-refractivity contribution is 6.30. The van der Waals surface area contributed by atoms with Gasteiger partial charge in [-0.25, -0.2) is 4.79 Å². The summed E-state index contributed by atoms with van der Waals surface area (Å²) in [4.78, 5) is 23.7. The highest BCUT2D eigenvalue weighted by Crippen LogP contribution is 2.27. The van der Waals surface area contributed by atoms with Crippen molar-refractivity contribution in [3.8, 4) is 11.5 Å². The van der Waals surface area contributed by atoms with Crippen LogP contribution in [0.5, 0.6) is 11.5 Å². The van der Waals surface area contributed by atoms with E-state index in [9.17, 15) is 18.4 Å². The Morgan fingerprint density at radius 2 is 1.75 bits per heavy atom. The summed E-state index contributed by atoms with van der Waals surface area (Å²) in [5, 5.41) is 2.89. The number of amides is 1. The summed E-state index contributed by atoms with van der Waals surface area (Å²) in [6, 6.07) is 9.06. The van der Waals surface area contributed by atoms with E-state index in [1.165, 1.54) is 24.3 Å². The first-order valence-corrected chi connectivity index (χ1v) is 8.53. The van der Waals surface area contributed by atoms with Crippen molar-refractivity contribution in [2.75, 3.05) is 18.5 Å². The number of halogens is 3. The molecule has 2 rings (SSSR count). The number of alkyl halides is 2. The van der Waals surface area contributed by atoms with Gasteiger partial charge < -0.3 is 19.5 Å². The predicted octanol–water partition coefficient (Wildman–Crippen LogP) is 4.12. The molecule has 0 saturated heterocycles. The summed E-state index contributed by atoms with van der Waals surface area (Å²) in [5.74, 6) is -1.17. The number of aryl methyl sites for hydroxylation is 2. The number of rotatable bonds is 8. The molecule has 0 fully saturated rings. The maximum absolute atomic E-state index is 12.4. The van der Waals surface area contributed by atoms with Gasteiger partial charge >= 0.3 is 12.6 Å². The lowest BCUT2D eigenvalue weighted by molar-refractivity contribution is -0.149. The SMILES string of the molecule is Cc1cc(Cl)cc(C)c1OCC(=O)OCC(=O)Nc1ccccc1OC(F)F. The molecular formula is C19H18ClF2NO5. The first kappa shape index (κ1) is 21.4. The van der Waals surface area contributed by atoms with E-state index in [0.717, 1.165) is 11.1 Å². The Hall–Kier alpha value is -2.87. The molecule has 6 nitrogen and oxygen atoms in total. The number of carbonyl (C=O) groups is 2. The zero-order valence-corrected chi connectivity index (χ0v) is 15.9. The number of benzene rings is 2. The van der Waals surface area contributed by atoms with Gasteiger partial charge in [0, 0.05) is 5.02 Å². The van der Waals surface area contributed by atoms with Gasteiger partial charge in [0.1, 0.15) is 11.5 Å². The number of nitrogens with one attached hydrogen (secondary N) is 1. The summed E-state index contributed by atoms with van der Waals surface area (Å²) in [6.07, 6.45) is 0. The van der Waals surface area contributed by atoms with E-state index in [2.05, 4.69) is 10.1 Å². The molecule has 0 radical (unpaired) electrons. The fraction of sp³-hybridized carbons (Fsp3) is 0.263. The molecule has 0 unspecified atom stereocenters. The third-order valence-corrected chi connectivity index (χ3v) is 3.72. The van der Waals surface area contributed by atoms with E-state index in [1.807, 2.05) is 0 Å². The molecule has 0 aliphatic heterocycles. The van der Waals surface area contributed by atoms with Gasteiger partial charge in [-0.3, -0.25) is 4.79 Å². The zero-order valence-electron chi connectivity index (χ0n) is 15.1. The third-order valence-electron chi connectivity index (χ3n) is 3.50. The minimum atomic E-state index is -3.03. The van der Waals surface area contributed by atoms with Crippen LogP contribution < -0.4 is 14.8 Å². The van der Waals surface area contributed by atoms with E-state index < -0.39 is 31.7 Å². The quantitative estimate of drug-likeness (QED) is 0.659. The smallest absolute Gasteiger partial charge is 0.387 e. The van der Waals surface area contributed by atoms with Crippen LogP contribution in [0.4, 0.5) is 14.5 Å². The number of esters is 1. The molecule has 0 aromatic heterocycles. The van der Waals surface area contributed by atoms with Crippen LogP contribution in [-0.2, 0) is 14.3 Å². The summed E-state index contributed by atoms with van der Waals surface area (Å²) in [6.45, 7) is -0.476. The highest BCUT2D eigenvalue weighted by Gasteiger charge is 2.14. The number of carbonyl (C=O) groups excluding carboxylic acids is 2. The molecule has 0 bridgehead atoms. The maximum Gasteiger partial charge on any atom is 0.387 e. The lowest BCUT2D eigenvalue weighted by Crippen LogP contribution is -2.24. The van der Waals surface area contributed by atoms with Gasteiger partial charge in [-0.05, 0) is 49.2 Å². The molecule has 0 saturated carbocycles. The van der Waals surface area contributed by atoms with Crippen LogP contribution in [0.2, 0.25) is 5.02 Å². The lowest BCUT2D eigenvalue weighted by Gasteiger charge is -2.13. The van der Waals surface area contributed by atoms with Crippen LogP contribution in [0.15, 0.2) is 36.4 Å². The van der Waals surface area contributed by atoms with E-state index in [4.69, 9.17) is 21.1 Å². The molecule has 0 heterocycles. The van der Waals surface area contributed by atoms with Gasteiger partial charge in [0.25, 0.3) is 5.91 Å². The van der Waals surface area contributed by atoms with E-state index >= 15 is 0 Å². The van der Waals surface area contributed by atoms with Crippen molar-refractivity contribution in [3.63, 3.8) is 0 Å². The molecule has 2 aromatic rings. The van der Waals surface area contributed by atoms with E-state index in [-0.39, 0.29) is 11.4 Å². The number of hydrogen-bond acceptors (Lipinski definition) is 5. The largest absolute Gasteiger partial charge is 0.481 e. The molecule has 0 aliphatic rings. The van der Waals surface area contributed by atoms with Crippen molar-refractivity contribution in [2.45, 2.75) is 20.5 Å². The first-order chi connectivity index (χ1) is 13.3. The Labute approximate surface area is 165 Å². The Morgan fingerprint density at radius 3 is 2.39 bits per heavy atom. The molecule has 2 aromatic carbocycles. The number of para-hydroxylation sites is 2. The van der Waals surface area contributed by atoms with Crippen LogP contribution in [0.1, 0.15) is 11.1 Å². The summed E-state index contributed by atoms with van der Waals surface area (Å²) in [5.41, 5.74) is 1.55. The molecule has 0 spiro atoms. The third kappa shape index (κ3) is 6.38. The van der Waals surface area contributed by atoms with Gasteiger partial charge in [-0.1, -0.05) is 23.7 Å². The van der Waals surface area contributed by atoms with E-state index in [1.54, 1.807) is 26.0 Å². The Kier molecular flexibility index (Phi) is 7.57. The summed E-state index contributed by atoms with van der Waals surface area (Å²) < 4.78 is 39.3. The second-order valence-electron chi connectivity index (χ2n) is 5.74. The van der Waals surface area contributed by atoms with Crippen LogP contribution in [-0.4, -0.2) is 31.7 Å². The van der Waals surface area contributed by atoms with Crippen LogP contribution in [0.3, 0.4) is 0 Å². The lowest BCUT2D eigenvalue weighted by atomic mass is 10.1. The van der Waals surface area contributed by atoms with Crippen LogP contribution >= 0.6 is 11.6 Å². The van der Waals surface area contributed by atoms with Crippen molar-refractivity contribution in [2.24, 2.45) is 0 Å². The average molecular weight is 414 g/mol. The van der Waals surface area contributed by atoms with Crippen molar-refractivity contribution < 1.29 is 32.6 Å². The maximum atomic E-state index is 12.4. The van der Waals surface area contributed by atoms with Crippen LogP contribution in [0.25, 0.3) is 0 Å². The number of anilines is 1. The summed E-state index contributed by atoms with van der Waals surface area (Å²) >= 11 is 5.93. The fourth-order valence-corrected chi connectivity index (χ4v) is 2.73. The predicted molar refractivity (Wildman–Crippen MR) is 99.1 cm³/mol. The number of hydrogen-bond donors (Lipinski definition) is 1. The normalized spacial score (nSPS) is 10.5. The van der Waals surface area contributed by atoms with Gasteiger partial charge in [-0.15, -0.1) is 0 Å². The van der Waals surface area contributed by atoms with Crippen molar-refractivity contribution in [1.82, 2.24) is 0 Å². The van der Waals surface area contributed by atoms with Crippen LogP contribution in [0, 0.1) is 13.8 Å². The zero-order chi connectivity index (χ0) is 20.7. The van der Waals surface area contributed by atoms with Gasteiger partial charge in [0.15, 0.2) is 13.2 Å². The van der Waals surface area contributed by atoms with Gasteiger partial charge in [0.2, 0.25) is 0 Å². The fourth-order valence-electron chi connectivity index (χ4n) is 2.40. The average Bonchev–Trinajstić information content (AvgIpc) is 2.60. The topological polar surface area (TPSA) is 73.9 Å². The standard InChI is InChI=1S/C19H18ClF2NO5/c1-11-7-13(20)8-12(2)18(11)27-10-17(25)26-9-16(24)23-14-5-3-4-6-15(14)28-19(21)22/h3-8,19H,9-10H2,1-2H3,(H,23,24). The van der Waals surface area contributed by atoms with E-state index in [0.29, 0.717) is 10.8 Å². The highest BCUT2D eigenvalue weighted by atomic mass is 35.5. The Morgan fingerprint density at radius 1 is 1.11 bits per heavy atom. The number of ether oxygens (including phenoxy) is 3. The Balaban J connectivity index is 1.84. The molecular weight excluding hydrogens is 396 g/mol. The molecule has 1 amide bonds. The summed E-state index contributed by atoms with van der Waals surface area (Å²) in [7, 11) is 0.